The van der Waals surface area contributed by atoms with Gasteiger partial charge in [0.1, 0.15) is 0 Å². The first-order valence-electron chi connectivity index (χ1n) is 11.3. The molecule has 0 spiro atoms. The number of nitrogens with one attached hydrogen (secondary N) is 3. The molecule has 4 N–H and O–H groups in total. The predicted octanol–water partition coefficient (Wildman–Crippen LogP) is 5.28. The van der Waals surface area contributed by atoms with E-state index in [4.69, 9.17) is 0 Å². The number of aromatic amines is 1. The Balaban J connectivity index is 1.40. The van der Waals surface area contributed by atoms with E-state index in [9.17, 15) is 19.5 Å². The summed E-state index contributed by atoms with van der Waals surface area (Å²) < 4.78 is 0. The minimum atomic E-state index is -0.957. The Morgan fingerprint density at radius 2 is 1.79 bits per heavy atom. The third-order valence-electron chi connectivity index (χ3n) is 5.95. The Morgan fingerprint density at radius 1 is 1.03 bits per heavy atom. The summed E-state index contributed by atoms with van der Waals surface area (Å²) in [6.45, 7) is 1.96. The molecular weight excluding hydrogens is 450 g/mol. The average molecular weight is 478 g/mol. The molecule has 7 nitrogen and oxygen atoms in total. The number of anilines is 2. The number of carboxylic acid groups (broad SMARTS) is 1. The summed E-state index contributed by atoms with van der Waals surface area (Å²) in [5, 5.41) is 16.0. The molecule has 8 heteroatoms. The topological polar surface area (TPSA) is 111 Å². The zero-order chi connectivity index (χ0) is 24.1. The van der Waals surface area contributed by atoms with Crippen molar-refractivity contribution in [1.82, 2.24) is 4.98 Å². The number of allylic oxidation sites excluding steroid dienone is 2. The molecule has 1 aliphatic rings. The zero-order valence-electron chi connectivity index (χ0n) is 18.8. The van der Waals surface area contributed by atoms with E-state index in [0.717, 1.165) is 21.5 Å². The largest absolute Gasteiger partial charge is 0.481 e. The number of thioether (sulfide) groups is 1. The lowest BCUT2D eigenvalue weighted by Crippen LogP contribution is -2.34. The van der Waals surface area contributed by atoms with Gasteiger partial charge in [-0.3, -0.25) is 14.4 Å². The number of aromatic nitrogens is 1. The van der Waals surface area contributed by atoms with Crippen molar-refractivity contribution in [3.05, 3.63) is 66.9 Å². The second-order valence-corrected chi connectivity index (χ2v) is 9.57. The first-order valence-corrected chi connectivity index (χ1v) is 12.2. The second kappa shape index (κ2) is 10.6. The molecule has 1 heterocycles. The second-order valence-electron chi connectivity index (χ2n) is 8.29. The summed E-state index contributed by atoms with van der Waals surface area (Å²) in [4.78, 5) is 41.2. The monoisotopic (exact) mass is 477 g/mol. The van der Waals surface area contributed by atoms with Crippen LogP contribution >= 0.6 is 11.8 Å². The van der Waals surface area contributed by atoms with E-state index in [-0.39, 0.29) is 17.1 Å². The van der Waals surface area contributed by atoms with Crippen molar-refractivity contribution in [2.45, 2.75) is 36.3 Å². The Hall–Kier alpha value is -3.52. The van der Waals surface area contributed by atoms with Gasteiger partial charge in [0.15, 0.2) is 0 Å². The first-order chi connectivity index (χ1) is 16.4. The number of benzene rings is 2. The molecule has 0 radical (unpaired) electrons. The van der Waals surface area contributed by atoms with Gasteiger partial charge in [-0.1, -0.05) is 31.2 Å². The summed E-state index contributed by atoms with van der Waals surface area (Å²) >= 11 is 1.43. The molecule has 2 amide bonds. The van der Waals surface area contributed by atoms with Gasteiger partial charge < -0.3 is 20.7 Å². The van der Waals surface area contributed by atoms with E-state index in [0.29, 0.717) is 24.9 Å². The summed E-state index contributed by atoms with van der Waals surface area (Å²) in [7, 11) is 0. The van der Waals surface area contributed by atoms with E-state index in [1.165, 1.54) is 11.8 Å². The van der Waals surface area contributed by atoms with Crippen molar-refractivity contribution in [3.63, 3.8) is 0 Å². The number of hydrogen-bond acceptors (Lipinski definition) is 4. The minimum absolute atomic E-state index is 0.0915. The smallest absolute Gasteiger partial charge is 0.307 e. The Kier molecular flexibility index (Phi) is 7.37. The molecule has 3 unspecified atom stereocenters. The van der Waals surface area contributed by atoms with Crippen molar-refractivity contribution < 1.29 is 19.5 Å². The highest BCUT2D eigenvalue weighted by Gasteiger charge is 2.34. The van der Waals surface area contributed by atoms with Crippen LogP contribution in [0.25, 0.3) is 10.9 Å². The molecule has 34 heavy (non-hydrogen) atoms. The fourth-order valence-corrected chi connectivity index (χ4v) is 5.11. The van der Waals surface area contributed by atoms with E-state index in [1.807, 2.05) is 67.7 Å². The molecule has 0 saturated heterocycles. The van der Waals surface area contributed by atoms with Gasteiger partial charge in [-0.2, -0.15) is 0 Å². The number of rotatable bonds is 8. The quantitative estimate of drug-likeness (QED) is 0.260. The number of fused-ring (bicyclic) bond motifs is 1. The number of carbonyl (C=O) groups excluding carboxylic acids is 2. The molecule has 3 atom stereocenters. The highest BCUT2D eigenvalue weighted by Crippen LogP contribution is 2.31. The van der Waals surface area contributed by atoms with Gasteiger partial charge in [0, 0.05) is 28.0 Å². The van der Waals surface area contributed by atoms with E-state index >= 15 is 0 Å². The van der Waals surface area contributed by atoms with Crippen LogP contribution in [0.2, 0.25) is 0 Å². The standard InChI is InChI=1S/C26H27N3O4S/c1-2-23(25(31)29-18-11-10-16-12-13-27-22(16)15-18)34-19-7-5-6-17(14-19)28-24(30)20-8-3-4-9-21(20)26(32)33/h3-7,10-15,20-21,23,27H,2,8-9H2,1H3,(H,28,30)(H,29,31)(H,32,33). The van der Waals surface area contributed by atoms with Crippen LogP contribution in [0, 0.1) is 11.8 Å². The number of amides is 2. The van der Waals surface area contributed by atoms with Gasteiger partial charge in [-0.15, -0.1) is 11.8 Å². The van der Waals surface area contributed by atoms with Crippen LogP contribution in [0.15, 0.2) is 71.8 Å². The van der Waals surface area contributed by atoms with E-state index < -0.39 is 17.8 Å². The van der Waals surface area contributed by atoms with E-state index in [1.54, 1.807) is 6.07 Å². The number of carboxylic acids is 1. The summed E-state index contributed by atoms with van der Waals surface area (Å²) in [5.41, 5.74) is 2.27. The molecule has 2 aromatic carbocycles. The fourth-order valence-electron chi connectivity index (χ4n) is 4.09. The van der Waals surface area contributed by atoms with Crippen LogP contribution in [0.5, 0.6) is 0 Å². The molecular formula is C26H27N3O4S. The van der Waals surface area contributed by atoms with Crippen LogP contribution in [-0.4, -0.2) is 33.1 Å². The van der Waals surface area contributed by atoms with Crippen molar-refractivity contribution in [2.24, 2.45) is 11.8 Å². The number of carbonyl (C=O) groups is 3. The molecule has 0 bridgehead atoms. The lowest BCUT2D eigenvalue weighted by Gasteiger charge is -2.24. The fraction of sp³-hybridized carbons (Fsp3) is 0.269. The summed E-state index contributed by atoms with van der Waals surface area (Å²) in [5.74, 6) is -2.68. The van der Waals surface area contributed by atoms with Crippen LogP contribution in [0.1, 0.15) is 26.2 Å². The zero-order valence-corrected chi connectivity index (χ0v) is 19.6. The lowest BCUT2D eigenvalue weighted by molar-refractivity contribution is -0.146. The average Bonchev–Trinajstić information content (AvgIpc) is 3.30. The maximum absolute atomic E-state index is 12.9. The molecule has 0 aliphatic heterocycles. The molecule has 1 aliphatic carbocycles. The summed E-state index contributed by atoms with van der Waals surface area (Å²) in [6.07, 6.45) is 6.92. The van der Waals surface area contributed by atoms with E-state index in [2.05, 4.69) is 15.6 Å². The van der Waals surface area contributed by atoms with Gasteiger partial charge in [0.05, 0.1) is 17.1 Å². The number of H-pyrrole nitrogens is 1. The molecule has 0 fully saturated rings. The van der Waals surface area contributed by atoms with Crippen LogP contribution in [0.4, 0.5) is 11.4 Å². The molecule has 4 rings (SSSR count). The van der Waals surface area contributed by atoms with Gasteiger partial charge in [-0.25, -0.2) is 0 Å². The highest BCUT2D eigenvalue weighted by atomic mass is 32.2. The summed E-state index contributed by atoms with van der Waals surface area (Å²) in [6, 6.07) is 15.0. The van der Waals surface area contributed by atoms with Crippen molar-refractivity contribution in [3.8, 4) is 0 Å². The van der Waals surface area contributed by atoms with Crippen molar-refractivity contribution in [1.29, 1.82) is 0 Å². The molecule has 176 valence electrons. The Morgan fingerprint density at radius 3 is 2.56 bits per heavy atom. The number of hydrogen-bond donors (Lipinski definition) is 4. The van der Waals surface area contributed by atoms with Gasteiger partial charge in [0.25, 0.3) is 0 Å². The van der Waals surface area contributed by atoms with Gasteiger partial charge in [-0.05, 0) is 61.0 Å². The van der Waals surface area contributed by atoms with Crippen LogP contribution in [-0.2, 0) is 14.4 Å². The Bertz CT molecular complexity index is 1240. The highest BCUT2D eigenvalue weighted by molar-refractivity contribution is 8.00. The molecule has 1 aromatic heterocycles. The normalized spacial score (nSPS) is 18.4. The third-order valence-corrected chi connectivity index (χ3v) is 7.31. The lowest BCUT2D eigenvalue weighted by atomic mass is 9.82. The first kappa shape index (κ1) is 23.6. The van der Waals surface area contributed by atoms with Gasteiger partial charge in [0.2, 0.25) is 11.8 Å². The number of aliphatic carboxylic acids is 1. The SMILES string of the molecule is CCC(Sc1cccc(NC(=O)C2CC=CCC2C(=O)O)c1)C(=O)Nc1ccc2cc[nH]c2c1. The van der Waals surface area contributed by atoms with Crippen LogP contribution in [0.3, 0.4) is 0 Å². The van der Waals surface area contributed by atoms with Gasteiger partial charge >= 0.3 is 5.97 Å². The molecule has 3 aromatic rings. The maximum Gasteiger partial charge on any atom is 0.307 e. The van der Waals surface area contributed by atoms with Crippen molar-refractivity contribution >= 4 is 51.8 Å². The minimum Gasteiger partial charge on any atom is -0.481 e. The van der Waals surface area contributed by atoms with Crippen molar-refractivity contribution in [2.75, 3.05) is 10.6 Å². The predicted molar refractivity (Wildman–Crippen MR) is 135 cm³/mol. The maximum atomic E-state index is 12.9. The van der Waals surface area contributed by atoms with Crippen LogP contribution < -0.4 is 10.6 Å². The third kappa shape index (κ3) is 5.51. The Labute approximate surface area is 202 Å². The molecule has 0 saturated carbocycles.